The minimum absolute atomic E-state index is 0.815. The van der Waals surface area contributed by atoms with Gasteiger partial charge in [-0.05, 0) is 44.0 Å². The van der Waals surface area contributed by atoms with Crippen LogP contribution in [0.5, 0.6) is 0 Å². The van der Waals surface area contributed by atoms with Crippen molar-refractivity contribution < 1.29 is 0 Å². The molecule has 3 nitrogen and oxygen atoms in total. The average molecular weight is 303 g/mol. The Balaban J connectivity index is 2.46. The van der Waals surface area contributed by atoms with Crippen molar-refractivity contribution in [1.29, 1.82) is 0 Å². The highest BCUT2D eigenvalue weighted by Crippen LogP contribution is 2.14. The van der Waals surface area contributed by atoms with Crippen LogP contribution in [0.3, 0.4) is 0 Å². The molecule has 0 aromatic carbocycles. The predicted molar refractivity (Wildman–Crippen MR) is 56.8 cm³/mol. The van der Waals surface area contributed by atoms with Crippen molar-refractivity contribution in [3.63, 3.8) is 0 Å². The van der Waals surface area contributed by atoms with E-state index >= 15 is 0 Å². The Morgan fingerprint density at radius 2 is 2.00 bits per heavy atom. The lowest BCUT2D eigenvalue weighted by Gasteiger charge is -2.00. The number of nitrogens with zero attached hydrogens (tertiary/aromatic N) is 3. The van der Waals surface area contributed by atoms with Crippen LogP contribution in [-0.4, -0.2) is 14.5 Å². The largest absolute Gasteiger partial charge is 0.305 e. The Bertz CT molecular complexity index is 425. The van der Waals surface area contributed by atoms with Crippen molar-refractivity contribution in [2.75, 3.05) is 0 Å². The van der Waals surface area contributed by atoms with Crippen molar-refractivity contribution in [1.82, 2.24) is 14.5 Å². The van der Waals surface area contributed by atoms with Gasteiger partial charge in [-0.3, -0.25) is 0 Å². The van der Waals surface area contributed by atoms with Crippen molar-refractivity contribution in [2.24, 2.45) is 0 Å². The van der Waals surface area contributed by atoms with Gasteiger partial charge in [-0.25, -0.2) is 9.97 Å². The SMILES string of the molecule is Brc1cc(-n2cnc(Br)c2)ccn1. The monoisotopic (exact) mass is 301 g/mol. The quantitative estimate of drug-likeness (QED) is 0.759. The Labute approximate surface area is 92.1 Å². The molecule has 0 atom stereocenters. The van der Waals surface area contributed by atoms with Crippen LogP contribution in [0.25, 0.3) is 5.69 Å². The zero-order valence-corrected chi connectivity index (χ0v) is 9.66. The second-order valence-corrected chi connectivity index (χ2v) is 4.07. The van der Waals surface area contributed by atoms with Gasteiger partial charge in [-0.1, -0.05) is 0 Å². The van der Waals surface area contributed by atoms with Gasteiger partial charge >= 0.3 is 0 Å². The second kappa shape index (κ2) is 3.59. The fraction of sp³-hybridized carbons (Fsp3) is 0. The fourth-order valence-corrected chi connectivity index (χ4v) is 1.66. The molecule has 2 aromatic heterocycles. The normalized spacial score (nSPS) is 10.3. The van der Waals surface area contributed by atoms with E-state index in [1.165, 1.54) is 0 Å². The van der Waals surface area contributed by atoms with E-state index in [-0.39, 0.29) is 0 Å². The summed E-state index contributed by atoms with van der Waals surface area (Å²) < 4.78 is 3.55. The van der Waals surface area contributed by atoms with Crippen LogP contribution in [0.2, 0.25) is 0 Å². The first-order valence-electron chi connectivity index (χ1n) is 3.57. The summed E-state index contributed by atoms with van der Waals surface area (Å²) >= 11 is 6.60. The number of halogens is 2. The summed E-state index contributed by atoms with van der Waals surface area (Å²) in [7, 11) is 0. The lowest BCUT2D eigenvalue weighted by Crippen LogP contribution is -1.89. The van der Waals surface area contributed by atoms with Crippen molar-refractivity contribution in [2.45, 2.75) is 0 Å². The first-order chi connectivity index (χ1) is 6.25. The molecule has 0 fully saturated rings. The van der Waals surface area contributed by atoms with Crippen molar-refractivity contribution in [3.8, 4) is 5.69 Å². The lowest BCUT2D eigenvalue weighted by atomic mass is 10.4. The summed E-state index contributed by atoms with van der Waals surface area (Å²) in [6.07, 6.45) is 5.38. The molecule has 2 rings (SSSR count). The Morgan fingerprint density at radius 3 is 2.62 bits per heavy atom. The minimum atomic E-state index is 0.815. The van der Waals surface area contributed by atoms with E-state index in [4.69, 9.17) is 0 Å². The standard InChI is InChI=1S/C8H5Br2N3/c9-7-3-6(1-2-11-7)13-4-8(10)12-5-13/h1-5H. The summed E-state index contributed by atoms with van der Waals surface area (Å²) in [5.41, 5.74) is 1.03. The van der Waals surface area contributed by atoms with Gasteiger partial charge in [-0.2, -0.15) is 0 Å². The van der Waals surface area contributed by atoms with Crippen LogP contribution >= 0.6 is 31.9 Å². The Hall–Kier alpha value is -0.680. The smallest absolute Gasteiger partial charge is 0.124 e. The lowest BCUT2D eigenvalue weighted by molar-refractivity contribution is 1.04. The maximum atomic E-state index is 4.07. The van der Waals surface area contributed by atoms with Crippen LogP contribution in [-0.2, 0) is 0 Å². The topological polar surface area (TPSA) is 30.7 Å². The minimum Gasteiger partial charge on any atom is -0.305 e. The van der Waals surface area contributed by atoms with Gasteiger partial charge in [0.2, 0.25) is 0 Å². The van der Waals surface area contributed by atoms with Gasteiger partial charge < -0.3 is 4.57 Å². The summed E-state index contributed by atoms with van der Waals surface area (Å²) in [6.45, 7) is 0. The molecule has 0 aliphatic carbocycles. The molecule has 0 N–H and O–H groups in total. The van der Waals surface area contributed by atoms with Crippen LogP contribution < -0.4 is 0 Å². The van der Waals surface area contributed by atoms with Crippen LogP contribution in [0, 0.1) is 0 Å². The van der Waals surface area contributed by atoms with E-state index in [1.54, 1.807) is 12.5 Å². The number of aromatic nitrogens is 3. The molecule has 0 radical (unpaired) electrons. The molecule has 13 heavy (non-hydrogen) atoms. The first kappa shape index (κ1) is 8.90. The van der Waals surface area contributed by atoms with E-state index in [1.807, 2.05) is 22.9 Å². The Kier molecular flexibility index (Phi) is 2.46. The summed E-state index contributed by atoms with van der Waals surface area (Å²) in [6, 6.07) is 3.84. The second-order valence-electron chi connectivity index (χ2n) is 2.44. The third-order valence-corrected chi connectivity index (χ3v) is 2.40. The molecule has 2 heterocycles. The van der Waals surface area contributed by atoms with Gasteiger partial charge in [0.1, 0.15) is 15.5 Å². The van der Waals surface area contributed by atoms with Gasteiger partial charge in [0, 0.05) is 12.4 Å². The van der Waals surface area contributed by atoms with Crippen molar-refractivity contribution in [3.05, 3.63) is 40.1 Å². The maximum Gasteiger partial charge on any atom is 0.124 e. The molecular weight excluding hydrogens is 298 g/mol. The summed E-state index contributed by atoms with van der Waals surface area (Å²) in [5.74, 6) is 0. The van der Waals surface area contributed by atoms with Crippen LogP contribution in [0.4, 0.5) is 0 Å². The number of imidazole rings is 1. The Morgan fingerprint density at radius 1 is 1.15 bits per heavy atom. The summed E-state index contributed by atoms with van der Waals surface area (Å²) in [4.78, 5) is 8.11. The van der Waals surface area contributed by atoms with Gasteiger partial charge in [-0.15, -0.1) is 0 Å². The molecular formula is C8H5Br2N3. The van der Waals surface area contributed by atoms with Gasteiger partial charge in [0.05, 0.1) is 5.69 Å². The van der Waals surface area contributed by atoms with E-state index in [0.29, 0.717) is 0 Å². The number of hydrogen-bond donors (Lipinski definition) is 0. The third kappa shape index (κ3) is 1.97. The van der Waals surface area contributed by atoms with Gasteiger partial charge in [0.25, 0.3) is 0 Å². The van der Waals surface area contributed by atoms with Gasteiger partial charge in [0.15, 0.2) is 0 Å². The molecule has 0 aliphatic heterocycles. The number of pyridine rings is 1. The zero-order chi connectivity index (χ0) is 9.26. The summed E-state index contributed by atoms with van der Waals surface area (Å²) in [5, 5.41) is 0. The molecule has 2 aromatic rings. The van der Waals surface area contributed by atoms with Crippen LogP contribution in [0.15, 0.2) is 40.1 Å². The molecule has 0 saturated heterocycles. The zero-order valence-electron chi connectivity index (χ0n) is 6.48. The molecule has 5 heteroatoms. The molecule has 0 saturated carbocycles. The van der Waals surface area contributed by atoms with E-state index in [2.05, 4.69) is 41.8 Å². The molecule has 0 unspecified atom stereocenters. The third-order valence-electron chi connectivity index (χ3n) is 1.56. The molecule has 66 valence electrons. The van der Waals surface area contributed by atoms with E-state index < -0.39 is 0 Å². The highest BCUT2D eigenvalue weighted by Gasteiger charge is 1.98. The average Bonchev–Trinajstić information content (AvgIpc) is 2.52. The van der Waals surface area contributed by atoms with Crippen molar-refractivity contribution >= 4 is 31.9 Å². The number of rotatable bonds is 1. The molecule has 0 spiro atoms. The predicted octanol–water partition coefficient (Wildman–Crippen LogP) is 2.79. The fourth-order valence-electron chi connectivity index (χ4n) is 0.993. The molecule has 0 amide bonds. The molecule has 0 aliphatic rings. The first-order valence-corrected chi connectivity index (χ1v) is 5.16. The van der Waals surface area contributed by atoms with E-state index in [0.717, 1.165) is 14.9 Å². The highest BCUT2D eigenvalue weighted by atomic mass is 79.9. The number of hydrogen-bond acceptors (Lipinski definition) is 2. The van der Waals surface area contributed by atoms with Crippen LogP contribution in [0.1, 0.15) is 0 Å². The highest BCUT2D eigenvalue weighted by molar-refractivity contribution is 9.10. The maximum absolute atomic E-state index is 4.07. The van der Waals surface area contributed by atoms with E-state index in [9.17, 15) is 0 Å². The molecule has 0 bridgehead atoms.